The number of rotatable bonds is 5. The number of anilines is 1. The van der Waals surface area contributed by atoms with Gasteiger partial charge in [0.05, 0.1) is 11.1 Å². The van der Waals surface area contributed by atoms with Crippen LogP contribution >= 0.6 is 11.6 Å². The van der Waals surface area contributed by atoms with Crippen LogP contribution in [0, 0.1) is 0 Å². The van der Waals surface area contributed by atoms with Gasteiger partial charge in [-0.25, -0.2) is 0 Å². The Labute approximate surface area is 124 Å². The highest BCUT2D eigenvalue weighted by Crippen LogP contribution is 2.33. The Bertz CT molecular complexity index is 522. The van der Waals surface area contributed by atoms with Crippen molar-refractivity contribution in [1.29, 1.82) is 0 Å². The molecular formula is C13H13ClF3NO3. The van der Waals surface area contributed by atoms with Crippen molar-refractivity contribution in [3.8, 4) is 5.75 Å². The van der Waals surface area contributed by atoms with Crippen LogP contribution in [0.3, 0.4) is 0 Å². The highest BCUT2D eigenvalue weighted by atomic mass is 35.5. The van der Waals surface area contributed by atoms with E-state index in [-0.39, 0.29) is 25.5 Å². The minimum atomic E-state index is -4.34. The van der Waals surface area contributed by atoms with Gasteiger partial charge >= 0.3 is 6.18 Å². The lowest BCUT2D eigenvalue weighted by molar-refractivity contribution is -0.174. The van der Waals surface area contributed by atoms with Gasteiger partial charge in [-0.3, -0.25) is 4.79 Å². The molecule has 1 aliphatic heterocycles. The molecule has 8 heteroatoms. The van der Waals surface area contributed by atoms with Gasteiger partial charge in [0.1, 0.15) is 12.4 Å². The van der Waals surface area contributed by atoms with Gasteiger partial charge in [0.25, 0.3) is 5.91 Å². The standard InChI is InChI=1S/C13H13ClF3NO3/c14-9(3-4-20-7-13(15,16)17)8-1-2-11-10(5-8)18-12(19)6-21-11/h1-2,5,9H,3-4,6-7H2,(H,18,19). The Morgan fingerprint density at radius 3 is 2.90 bits per heavy atom. The number of hydrogen-bond donors (Lipinski definition) is 1. The Hall–Kier alpha value is -1.47. The van der Waals surface area contributed by atoms with Crippen molar-refractivity contribution in [1.82, 2.24) is 0 Å². The third-order valence-corrected chi connectivity index (χ3v) is 3.25. The Kier molecular flexibility index (Phi) is 4.95. The van der Waals surface area contributed by atoms with Crippen molar-refractivity contribution >= 4 is 23.2 Å². The average Bonchev–Trinajstić information content (AvgIpc) is 2.41. The molecule has 0 radical (unpaired) electrons. The lowest BCUT2D eigenvalue weighted by atomic mass is 10.1. The second kappa shape index (κ2) is 6.53. The zero-order valence-electron chi connectivity index (χ0n) is 10.9. The fourth-order valence-electron chi connectivity index (χ4n) is 1.84. The quantitative estimate of drug-likeness (QED) is 0.668. The molecule has 1 atom stereocenters. The normalized spacial score (nSPS) is 15.9. The van der Waals surface area contributed by atoms with Crippen LogP contribution in [-0.4, -0.2) is 31.9 Å². The zero-order valence-corrected chi connectivity index (χ0v) is 11.6. The zero-order chi connectivity index (χ0) is 15.5. The maximum absolute atomic E-state index is 11.9. The number of fused-ring (bicyclic) bond motifs is 1. The highest BCUT2D eigenvalue weighted by Gasteiger charge is 2.27. The van der Waals surface area contributed by atoms with E-state index in [4.69, 9.17) is 16.3 Å². The number of carbonyl (C=O) groups excluding carboxylic acids is 1. The first kappa shape index (κ1) is 15.9. The summed E-state index contributed by atoms with van der Waals surface area (Å²) in [5.41, 5.74) is 1.18. The minimum absolute atomic E-state index is 0.0397. The van der Waals surface area contributed by atoms with Crippen molar-refractivity contribution in [3.05, 3.63) is 23.8 Å². The molecule has 1 aromatic carbocycles. The molecule has 1 N–H and O–H groups in total. The molecule has 21 heavy (non-hydrogen) atoms. The molecule has 0 fully saturated rings. The van der Waals surface area contributed by atoms with Gasteiger partial charge in [-0.1, -0.05) is 6.07 Å². The average molecular weight is 324 g/mol. The van der Waals surface area contributed by atoms with Crippen molar-refractivity contribution in [2.45, 2.75) is 18.0 Å². The van der Waals surface area contributed by atoms with Crippen molar-refractivity contribution in [2.75, 3.05) is 25.1 Å². The summed E-state index contributed by atoms with van der Waals surface area (Å²) < 4.78 is 45.5. The summed E-state index contributed by atoms with van der Waals surface area (Å²) in [5.74, 6) is 0.273. The fraction of sp³-hybridized carbons (Fsp3) is 0.462. The number of halogens is 4. The van der Waals surface area contributed by atoms with Crippen LogP contribution in [0.1, 0.15) is 17.4 Å². The number of alkyl halides is 4. The monoisotopic (exact) mass is 323 g/mol. The molecule has 0 saturated carbocycles. The first-order chi connectivity index (χ1) is 9.85. The van der Waals surface area contributed by atoms with Gasteiger partial charge in [-0.15, -0.1) is 11.6 Å². The lowest BCUT2D eigenvalue weighted by Crippen LogP contribution is -2.25. The molecule has 116 valence electrons. The molecule has 4 nitrogen and oxygen atoms in total. The number of benzene rings is 1. The summed E-state index contributed by atoms with van der Waals surface area (Å²) in [6, 6.07) is 5.02. The van der Waals surface area contributed by atoms with E-state index < -0.39 is 18.2 Å². The number of carbonyl (C=O) groups is 1. The van der Waals surface area contributed by atoms with Crippen molar-refractivity contribution in [2.24, 2.45) is 0 Å². The summed E-state index contributed by atoms with van der Waals surface area (Å²) in [6.45, 7) is -1.43. The molecule has 2 rings (SSSR count). The van der Waals surface area contributed by atoms with E-state index in [2.05, 4.69) is 10.1 Å². The first-order valence-electron chi connectivity index (χ1n) is 6.20. The predicted octanol–water partition coefficient (Wildman–Crippen LogP) is 3.27. The molecule has 1 heterocycles. The van der Waals surface area contributed by atoms with Gasteiger partial charge in [-0.2, -0.15) is 13.2 Å². The molecule has 0 saturated heterocycles. The summed E-state index contributed by atoms with van der Waals surface area (Å²) in [6.07, 6.45) is -4.11. The second-order valence-corrected chi connectivity index (χ2v) is 5.04. The van der Waals surface area contributed by atoms with E-state index in [1.54, 1.807) is 18.2 Å². The lowest BCUT2D eigenvalue weighted by Gasteiger charge is -2.19. The van der Waals surface area contributed by atoms with Crippen LogP contribution in [0.2, 0.25) is 0 Å². The van der Waals surface area contributed by atoms with Crippen LogP contribution in [0.4, 0.5) is 18.9 Å². The molecule has 0 bridgehead atoms. The van der Waals surface area contributed by atoms with Gasteiger partial charge < -0.3 is 14.8 Å². The van der Waals surface area contributed by atoms with Gasteiger partial charge in [0, 0.05) is 6.61 Å². The van der Waals surface area contributed by atoms with E-state index >= 15 is 0 Å². The Morgan fingerprint density at radius 1 is 1.43 bits per heavy atom. The maximum Gasteiger partial charge on any atom is 0.411 e. The molecule has 1 unspecified atom stereocenters. The van der Waals surface area contributed by atoms with Gasteiger partial charge in [-0.05, 0) is 24.1 Å². The van der Waals surface area contributed by atoms with Crippen LogP contribution in [0.25, 0.3) is 0 Å². The largest absolute Gasteiger partial charge is 0.482 e. The summed E-state index contributed by atoms with van der Waals surface area (Å²) in [7, 11) is 0. The number of hydrogen-bond acceptors (Lipinski definition) is 3. The van der Waals surface area contributed by atoms with E-state index in [0.717, 1.165) is 0 Å². The number of ether oxygens (including phenoxy) is 2. The topological polar surface area (TPSA) is 47.6 Å². The molecule has 0 spiro atoms. The highest BCUT2D eigenvalue weighted by molar-refractivity contribution is 6.20. The van der Waals surface area contributed by atoms with E-state index in [1.807, 2.05) is 0 Å². The molecule has 1 amide bonds. The van der Waals surface area contributed by atoms with Crippen LogP contribution in [0.15, 0.2) is 18.2 Å². The summed E-state index contributed by atoms with van der Waals surface area (Å²) >= 11 is 6.12. The fourth-order valence-corrected chi connectivity index (χ4v) is 2.06. The van der Waals surface area contributed by atoms with Crippen molar-refractivity contribution < 1.29 is 27.4 Å². The van der Waals surface area contributed by atoms with E-state index in [1.165, 1.54) is 0 Å². The SMILES string of the molecule is O=C1COc2ccc(C(Cl)CCOCC(F)(F)F)cc2N1. The molecule has 0 aromatic heterocycles. The van der Waals surface area contributed by atoms with Gasteiger partial charge in [0.15, 0.2) is 6.61 Å². The smallest absolute Gasteiger partial charge is 0.411 e. The third-order valence-electron chi connectivity index (χ3n) is 2.78. The maximum atomic E-state index is 11.9. The first-order valence-corrected chi connectivity index (χ1v) is 6.64. The molecule has 1 aromatic rings. The molecule has 0 aliphatic carbocycles. The van der Waals surface area contributed by atoms with Crippen LogP contribution < -0.4 is 10.1 Å². The Morgan fingerprint density at radius 2 is 2.19 bits per heavy atom. The summed E-state index contributed by atoms with van der Waals surface area (Å²) in [5, 5.41) is 2.13. The summed E-state index contributed by atoms with van der Waals surface area (Å²) in [4.78, 5) is 11.2. The number of nitrogens with one attached hydrogen (secondary N) is 1. The molecule has 1 aliphatic rings. The van der Waals surface area contributed by atoms with Crippen molar-refractivity contribution in [3.63, 3.8) is 0 Å². The minimum Gasteiger partial charge on any atom is -0.482 e. The second-order valence-electron chi connectivity index (χ2n) is 4.52. The van der Waals surface area contributed by atoms with Crippen LogP contribution in [0.5, 0.6) is 5.75 Å². The number of amides is 1. The molecular weight excluding hydrogens is 311 g/mol. The van der Waals surface area contributed by atoms with Crippen LogP contribution in [-0.2, 0) is 9.53 Å². The van der Waals surface area contributed by atoms with E-state index in [9.17, 15) is 18.0 Å². The van der Waals surface area contributed by atoms with Gasteiger partial charge in [0.2, 0.25) is 0 Å². The third kappa shape index (κ3) is 4.78. The van der Waals surface area contributed by atoms with E-state index in [0.29, 0.717) is 17.0 Å². The predicted molar refractivity (Wildman–Crippen MR) is 70.7 cm³/mol. The Balaban J connectivity index is 1.89.